The minimum absolute atomic E-state index is 0.190. The first kappa shape index (κ1) is 23.7. The van der Waals surface area contributed by atoms with Gasteiger partial charge in [-0.1, -0.05) is 37.0 Å². The second-order valence-corrected chi connectivity index (χ2v) is 9.04. The third-order valence-corrected chi connectivity index (χ3v) is 6.27. The van der Waals surface area contributed by atoms with Gasteiger partial charge in [0.05, 0.1) is 43.3 Å². The van der Waals surface area contributed by atoms with Crippen LogP contribution in [0.3, 0.4) is 0 Å². The topological polar surface area (TPSA) is 89.3 Å². The zero-order valence-electron chi connectivity index (χ0n) is 17.5. The van der Waals surface area contributed by atoms with Crippen LogP contribution >= 0.6 is 0 Å². The lowest BCUT2D eigenvalue weighted by molar-refractivity contribution is 0.0253. The highest BCUT2D eigenvalue weighted by molar-refractivity contribution is 7.86. The Labute approximate surface area is 174 Å². The van der Waals surface area contributed by atoms with Crippen LogP contribution in [0.5, 0.6) is 0 Å². The van der Waals surface area contributed by atoms with Crippen LogP contribution in [0.1, 0.15) is 44.1 Å². The van der Waals surface area contributed by atoms with Crippen LogP contribution in [0.2, 0.25) is 0 Å². The van der Waals surface area contributed by atoms with E-state index < -0.39 is 10.1 Å². The Morgan fingerprint density at radius 1 is 1.21 bits per heavy atom. The summed E-state index contributed by atoms with van der Waals surface area (Å²) in [6.45, 7) is 5.43. The molecule has 1 unspecified atom stereocenters. The summed E-state index contributed by atoms with van der Waals surface area (Å²) in [6.07, 6.45) is 7.74. The Morgan fingerprint density at radius 3 is 2.55 bits per heavy atom. The molecule has 0 aromatic heterocycles. The van der Waals surface area contributed by atoms with Crippen molar-refractivity contribution in [3.05, 3.63) is 29.8 Å². The number of benzene rings is 1. The highest BCUT2D eigenvalue weighted by atomic mass is 32.2. The van der Waals surface area contributed by atoms with E-state index in [4.69, 9.17) is 4.74 Å². The van der Waals surface area contributed by atoms with Crippen molar-refractivity contribution >= 4 is 16.1 Å². The molecule has 1 aromatic rings. The molecule has 1 aliphatic carbocycles. The molecule has 0 bridgehead atoms. The molecule has 1 N–H and O–H groups in total. The average molecular weight is 424 g/mol. The van der Waals surface area contributed by atoms with Gasteiger partial charge in [0.15, 0.2) is 0 Å². The van der Waals surface area contributed by atoms with Crippen molar-refractivity contribution in [1.82, 2.24) is 5.32 Å². The summed E-state index contributed by atoms with van der Waals surface area (Å²) in [4.78, 5) is 8.82. The van der Waals surface area contributed by atoms with Crippen LogP contribution in [-0.2, 0) is 19.0 Å². The maximum absolute atomic E-state index is 11.1. The van der Waals surface area contributed by atoms with E-state index in [1.165, 1.54) is 44.2 Å². The zero-order chi connectivity index (χ0) is 21.0. The molecule has 0 spiro atoms. The first-order valence-corrected chi connectivity index (χ1v) is 11.7. The summed E-state index contributed by atoms with van der Waals surface area (Å²) < 4.78 is 32.1. The van der Waals surface area contributed by atoms with E-state index in [0.29, 0.717) is 12.1 Å². The SMILES string of the molecule is C(=NCCC1CNCCO1)=NC1CCCCC1.COS(=O)(=O)c1ccc(C)cc1. The van der Waals surface area contributed by atoms with E-state index in [2.05, 4.69) is 25.5 Å². The van der Waals surface area contributed by atoms with E-state index in [1.807, 2.05) is 6.92 Å². The summed E-state index contributed by atoms with van der Waals surface area (Å²) >= 11 is 0. The molecule has 1 saturated heterocycles. The predicted octanol–water partition coefficient (Wildman–Crippen LogP) is 3.20. The number of rotatable bonds is 6. The van der Waals surface area contributed by atoms with Crippen LogP contribution in [0.4, 0.5) is 0 Å². The molecular formula is C21H33N3O4S. The minimum Gasteiger partial charge on any atom is -0.376 e. The molecule has 0 amide bonds. The van der Waals surface area contributed by atoms with Gasteiger partial charge in [-0.3, -0.25) is 4.18 Å². The van der Waals surface area contributed by atoms with Gasteiger partial charge in [0.1, 0.15) is 0 Å². The summed E-state index contributed by atoms with van der Waals surface area (Å²) in [5.41, 5.74) is 1.02. The van der Waals surface area contributed by atoms with E-state index in [0.717, 1.165) is 45.3 Å². The lowest BCUT2D eigenvalue weighted by Gasteiger charge is -2.22. The fraction of sp³-hybridized carbons (Fsp3) is 0.667. The monoisotopic (exact) mass is 423 g/mol. The van der Waals surface area contributed by atoms with Gasteiger partial charge in [0.2, 0.25) is 0 Å². The van der Waals surface area contributed by atoms with Crippen molar-refractivity contribution in [2.75, 3.05) is 33.4 Å². The van der Waals surface area contributed by atoms with Crippen LogP contribution in [-0.4, -0.2) is 59.9 Å². The molecule has 1 atom stereocenters. The van der Waals surface area contributed by atoms with Gasteiger partial charge in [0, 0.05) is 13.1 Å². The van der Waals surface area contributed by atoms with E-state index in [9.17, 15) is 8.42 Å². The second kappa shape index (κ2) is 12.9. The highest BCUT2D eigenvalue weighted by Gasteiger charge is 2.13. The predicted molar refractivity (Wildman–Crippen MR) is 114 cm³/mol. The number of nitrogens with zero attached hydrogens (tertiary/aromatic N) is 2. The first-order chi connectivity index (χ1) is 14.0. The number of hydrogen-bond acceptors (Lipinski definition) is 7. The van der Waals surface area contributed by atoms with Gasteiger partial charge in [0.25, 0.3) is 10.1 Å². The number of nitrogens with one attached hydrogen (secondary N) is 1. The van der Waals surface area contributed by atoms with E-state index in [-0.39, 0.29) is 4.90 Å². The smallest absolute Gasteiger partial charge is 0.296 e. The third kappa shape index (κ3) is 9.19. The lowest BCUT2D eigenvalue weighted by Crippen LogP contribution is -2.38. The molecule has 2 fully saturated rings. The molecule has 1 heterocycles. The summed E-state index contributed by atoms with van der Waals surface area (Å²) in [7, 11) is -2.37. The number of aliphatic imine (C=N–C) groups is 2. The Balaban J connectivity index is 0.000000221. The molecule has 0 radical (unpaired) electrons. The Morgan fingerprint density at radius 2 is 1.93 bits per heavy atom. The van der Waals surface area contributed by atoms with Gasteiger partial charge < -0.3 is 10.1 Å². The van der Waals surface area contributed by atoms with Crippen LogP contribution in [0, 0.1) is 6.92 Å². The molecule has 2 aliphatic rings. The Hall–Kier alpha value is -1.57. The Bertz CT molecular complexity index is 747. The first-order valence-electron chi connectivity index (χ1n) is 10.3. The van der Waals surface area contributed by atoms with Crippen molar-refractivity contribution in [3.63, 3.8) is 0 Å². The molecule has 1 aliphatic heterocycles. The average Bonchev–Trinajstić information content (AvgIpc) is 2.76. The fourth-order valence-electron chi connectivity index (χ4n) is 3.20. The largest absolute Gasteiger partial charge is 0.376 e. The van der Waals surface area contributed by atoms with Crippen LogP contribution in [0.25, 0.3) is 0 Å². The van der Waals surface area contributed by atoms with Crippen LogP contribution in [0.15, 0.2) is 39.1 Å². The summed E-state index contributed by atoms with van der Waals surface area (Å²) in [5, 5.41) is 3.32. The zero-order valence-corrected chi connectivity index (χ0v) is 18.3. The molecule has 1 saturated carbocycles. The minimum atomic E-state index is -3.51. The van der Waals surface area contributed by atoms with Crippen molar-refractivity contribution in [3.8, 4) is 0 Å². The Kier molecular flexibility index (Phi) is 10.5. The second-order valence-electron chi connectivity index (χ2n) is 7.32. The van der Waals surface area contributed by atoms with Gasteiger partial charge >= 0.3 is 0 Å². The van der Waals surface area contributed by atoms with Crippen molar-refractivity contribution in [2.24, 2.45) is 9.98 Å². The van der Waals surface area contributed by atoms with Crippen molar-refractivity contribution < 1.29 is 17.3 Å². The van der Waals surface area contributed by atoms with Gasteiger partial charge in [-0.15, -0.1) is 0 Å². The quantitative estimate of drug-likeness (QED) is 0.561. The molecule has 162 valence electrons. The maximum atomic E-state index is 11.1. The number of ether oxygens (including phenoxy) is 1. The molecule has 3 rings (SSSR count). The fourth-order valence-corrected chi connectivity index (χ4v) is 3.86. The molecule has 7 nitrogen and oxygen atoms in total. The number of morpholine rings is 1. The van der Waals surface area contributed by atoms with Gasteiger partial charge in [-0.2, -0.15) is 8.42 Å². The highest BCUT2D eigenvalue weighted by Crippen LogP contribution is 2.19. The molecule has 8 heteroatoms. The third-order valence-electron chi connectivity index (χ3n) is 4.98. The molecular weight excluding hydrogens is 390 g/mol. The van der Waals surface area contributed by atoms with Gasteiger partial charge in [-0.05, 0) is 38.3 Å². The molecule has 1 aromatic carbocycles. The molecule has 29 heavy (non-hydrogen) atoms. The summed E-state index contributed by atoms with van der Waals surface area (Å²) in [5.74, 6) is 0. The number of aryl methyl sites for hydroxylation is 1. The standard InChI is InChI=1S/C13H23N3O.C8H10O3S/c1-2-4-12(5-3-1)16-11-15-7-6-13-10-14-8-9-17-13;1-7-3-5-8(6-4-7)12(9,10)11-2/h12-14H,1-10H2;3-6H,1-2H3. The van der Waals surface area contributed by atoms with Crippen molar-refractivity contribution in [2.45, 2.75) is 62.5 Å². The van der Waals surface area contributed by atoms with Crippen molar-refractivity contribution in [1.29, 1.82) is 0 Å². The number of hydrogen-bond donors (Lipinski definition) is 1. The summed E-state index contributed by atoms with van der Waals surface area (Å²) in [6, 6.07) is 9.86. The van der Waals surface area contributed by atoms with E-state index >= 15 is 0 Å². The normalized spacial score (nSPS) is 20.1. The van der Waals surface area contributed by atoms with Crippen LogP contribution < -0.4 is 5.32 Å². The van der Waals surface area contributed by atoms with E-state index in [1.54, 1.807) is 12.1 Å². The maximum Gasteiger partial charge on any atom is 0.296 e. The van der Waals surface area contributed by atoms with Gasteiger partial charge in [-0.25, -0.2) is 9.98 Å². The lowest BCUT2D eigenvalue weighted by atomic mass is 9.96.